The number of nitrogens with one attached hydrogen (secondary N) is 1. The number of ether oxygens (including phenoxy) is 2. The van der Waals surface area contributed by atoms with Crippen LogP contribution in [0.1, 0.15) is 36.0 Å². The van der Waals surface area contributed by atoms with Gasteiger partial charge in [0.15, 0.2) is 0 Å². The molecule has 1 heterocycles. The van der Waals surface area contributed by atoms with Crippen LogP contribution in [0, 0.1) is 0 Å². The number of methoxy groups -OCH3 is 1. The number of hydrogen-bond donors (Lipinski definition) is 1. The summed E-state index contributed by atoms with van der Waals surface area (Å²) in [6, 6.07) is 13.5. The number of carbonyl (C=O) groups excluding carboxylic acids is 1. The lowest BCUT2D eigenvalue weighted by Gasteiger charge is -2.41. The number of carbonyl (C=O) groups is 1. The van der Waals surface area contributed by atoms with Gasteiger partial charge in [0.1, 0.15) is 17.1 Å². The van der Waals surface area contributed by atoms with Gasteiger partial charge in [-0.05, 0) is 62.1 Å². The van der Waals surface area contributed by atoms with E-state index in [1.807, 2.05) is 18.2 Å². The Bertz CT molecular complexity index is 1030. The van der Waals surface area contributed by atoms with E-state index in [9.17, 15) is 13.2 Å². The van der Waals surface area contributed by atoms with Gasteiger partial charge < -0.3 is 14.8 Å². The lowest BCUT2D eigenvalue weighted by molar-refractivity contribution is 0.0196. The molecule has 0 atom stereocenters. The summed E-state index contributed by atoms with van der Waals surface area (Å²) in [6.45, 7) is 0.419. The maximum Gasteiger partial charge on any atom is 0.255 e. The SMILES string of the molecule is COc1ccc(S(=O)(=O)N(C)C2CCC3(CC2)CNC(=O)c2ccccc2O3)cc1. The van der Waals surface area contributed by atoms with Crippen LogP contribution in [-0.4, -0.2) is 51.0 Å². The number of amides is 1. The van der Waals surface area contributed by atoms with E-state index in [0.717, 1.165) is 0 Å². The summed E-state index contributed by atoms with van der Waals surface area (Å²) in [7, 11) is -0.426. The highest BCUT2D eigenvalue weighted by Crippen LogP contribution is 2.38. The highest BCUT2D eigenvalue weighted by Gasteiger charge is 2.42. The highest BCUT2D eigenvalue weighted by molar-refractivity contribution is 7.89. The molecule has 1 aliphatic carbocycles. The third kappa shape index (κ3) is 3.77. The minimum atomic E-state index is -3.60. The van der Waals surface area contributed by atoms with E-state index in [4.69, 9.17) is 9.47 Å². The Morgan fingerprint density at radius 3 is 2.43 bits per heavy atom. The van der Waals surface area contributed by atoms with Crippen LogP contribution in [0.2, 0.25) is 0 Å². The fraction of sp³-hybridized carbons (Fsp3) is 0.409. The monoisotopic (exact) mass is 430 g/mol. The molecule has 1 amide bonds. The summed E-state index contributed by atoms with van der Waals surface area (Å²) in [5, 5.41) is 2.96. The zero-order valence-corrected chi connectivity index (χ0v) is 17.9. The zero-order chi connectivity index (χ0) is 21.4. The second-order valence-electron chi connectivity index (χ2n) is 7.89. The summed E-state index contributed by atoms with van der Waals surface area (Å²) in [6.07, 6.45) is 2.64. The summed E-state index contributed by atoms with van der Waals surface area (Å²) in [5.41, 5.74) is 0.0272. The van der Waals surface area contributed by atoms with Gasteiger partial charge in [-0.3, -0.25) is 4.79 Å². The quantitative estimate of drug-likeness (QED) is 0.806. The Hall–Kier alpha value is -2.58. The fourth-order valence-corrected chi connectivity index (χ4v) is 5.65. The first-order valence-corrected chi connectivity index (χ1v) is 11.5. The van der Waals surface area contributed by atoms with Gasteiger partial charge in [-0.15, -0.1) is 0 Å². The number of benzene rings is 2. The van der Waals surface area contributed by atoms with E-state index in [1.54, 1.807) is 44.5 Å². The van der Waals surface area contributed by atoms with Crippen LogP contribution in [0.25, 0.3) is 0 Å². The average Bonchev–Trinajstić information content (AvgIpc) is 2.91. The molecular formula is C22H26N2O5S. The van der Waals surface area contributed by atoms with Gasteiger partial charge in [0.05, 0.1) is 24.1 Å². The molecule has 0 bridgehead atoms. The van der Waals surface area contributed by atoms with Crippen molar-refractivity contribution in [2.75, 3.05) is 20.7 Å². The molecule has 8 heteroatoms. The number of para-hydroxylation sites is 1. The fourth-order valence-electron chi connectivity index (χ4n) is 4.23. The minimum absolute atomic E-state index is 0.125. The van der Waals surface area contributed by atoms with Crippen LogP contribution in [0.3, 0.4) is 0 Å². The predicted molar refractivity (Wildman–Crippen MR) is 112 cm³/mol. The molecule has 4 rings (SSSR count). The normalized spacial score (nSPS) is 24.0. The van der Waals surface area contributed by atoms with Crippen molar-refractivity contribution in [1.82, 2.24) is 9.62 Å². The molecule has 2 aliphatic rings. The molecule has 1 saturated carbocycles. The number of hydrogen-bond acceptors (Lipinski definition) is 5. The third-order valence-corrected chi connectivity index (χ3v) is 8.07. The van der Waals surface area contributed by atoms with Gasteiger partial charge >= 0.3 is 0 Å². The van der Waals surface area contributed by atoms with E-state index in [0.29, 0.717) is 49.3 Å². The summed E-state index contributed by atoms with van der Waals surface area (Å²) in [5.74, 6) is 1.07. The second-order valence-corrected chi connectivity index (χ2v) is 9.89. The van der Waals surface area contributed by atoms with Crippen molar-refractivity contribution < 1.29 is 22.7 Å². The van der Waals surface area contributed by atoms with E-state index in [2.05, 4.69) is 5.32 Å². The molecule has 1 fully saturated rings. The van der Waals surface area contributed by atoms with E-state index in [1.165, 1.54) is 4.31 Å². The molecule has 2 aromatic rings. The molecule has 1 aliphatic heterocycles. The molecule has 0 saturated heterocycles. The number of nitrogens with zero attached hydrogens (tertiary/aromatic N) is 1. The van der Waals surface area contributed by atoms with Crippen molar-refractivity contribution in [2.45, 2.75) is 42.2 Å². The van der Waals surface area contributed by atoms with Crippen LogP contribution >= 0.6 is 0 Å². The molecule has 0 aromatic heterocycles. The summed E-state index contributed by atoms with van der Waals surface area (Å²) < 4.78 is 39.0. The van der Waals surface area contributed by atoms with Gasteiger partial charge in [0.25, 0.3) is 5.91 Å². The van der Waals surface area contributed by atoms with Gasteiger partial charge in [-0.25, -0.2) is 8.42 Å². The van der Waals surface area contributed by atoms with Crippen molar-refractivity contribution in [1.29, 1.82) is 0 Å². The van der Waals surface area contributed by atoms with Crippen LogP contribution in [0.15, 0.2) is 53.4 Å². The molecule has 7 nitrogen and oxygen atoms in total. The van der Waals surface area contributed by atoms with Gasteiger partial charge in [0.2, 0.25) is 10.0 Å². The predicted octanol–water partition coefficient (Wildman–Crippen LogP) is 2.82. The Labute approximate surface area is 177 Å². The second kappa shape index (κ2) is 7.92. The van der Waals surface area contributed by atoms with E-state index < -0.39 is 15.6 Å². The molecule has 30 heavy (non-hydrogen) atoms. The minimum Gasteiger partial charge on any atom is -0.497 e. The standard InChI is InChI=1S/C22H26N2O5S/c1-24(30(26,27)18-9-7-17(28-2)8-10-18)16-11-13-22(14-12-16)15-23-21(25)19-5-3-4-6-20(19)29-22/h3-10,16H,11-15H2,1-2H3,(H,23,25). The lowest BCUT2D eigenvalue weighted by atomic mass is 9.82. The maximum atomic E-state index is 13.1. The van der Waals surface area contributed by atoms with Crippen LogP contribution < -0.4 is 14.8 Å². The van der Waals surface area contributed by atoms with Crippen molar-refractivity contribution in [2.24, 2.45) is 0 Å². The number of sulfonamides is 1. The van der Waals surface area contributed by atoms with Crippen LogP contribution in [0.4, 0.5) is 0 Å². The maximum absolute atomic E-state index is 13.1. The Morgan fingerprint density at radius 1 is 1.10 bits per heavy atom. The van der Waals surface area contributed by atoms with Crippen molar-refractivity contribution in [3.05, 3.63) is 54.1 Å². The third-order valence-electron chi connectivity index (χ3n) is 6.15. The van der Waals surface area contributed by atoms with Gasteiger partial charge in [-0.1, -0.05) is 12.1 Å². The van der Waals surface area contributed by atoms with E-state index >= 15 is 0 Å². The summed E-state index contributed by atoms with van der Waals surface area (Å²) >= 11 is 0. The average molecular weight is 431 g/mol. The first-order chi connectivity index (χ1) is 14.3. The molecule has 160 valence electrons. The van der Waals surface area contributed by atoms with Crippen LogP contribution in [-0.2, 0) is 10.0 Å². The molecule has 2 aromatic carbocycles. The molecule has 1 spiro atoms. The first kappa shape index (κ1) is 20.7. The molecular weight excluding hydrogens is 404 g/mol. The Balaban J connectivity index is 1.48. The summed E-state index contributed by atoms with van der Waals surface area (Å²) in [4.78, 5) is 12.6. The molecule has 0 unspecified atom stereocenters. The van der Waals surface area contributed by atoms with Gasteiger partial charge in [0, 0.05) is 13.1 Å². The highest BCUT2D eigenvalue weighted by atomic mass is 32.2. The largest absolute Gasteiger partial charge is 0.497 e. The lowest BCUT2D eigenvalue weighted by Crippen LogP contribution is -2.51. The topological polar surface area (TPSA) is 84.9 Å². The Kier molecular flexibility index (Phi) is 5.46. The van der Waals surface area contributed by atoms with Gasteiger partial charge in [-0.2, -0.15) is 4.31 Å². The molecule has 1 N–H and O–H groups in total. The van der Waals surface area contributed by atoms with Crippen molar-refractivity contribution >= 4 is 15.9 Å². The zero-order valence-electron chi connectivity index (χ0n) is 17.1. The number of rotatable bonds is 4. The van der Waals surface area contributed by atoms with Crippen molar-refractivity contribution in [3.63, 3.8) is 0 Å². The smallest absolute Gasteiger partial charge is 0.255 e. The first-order valence-electron chi connectivity index (χ1n) is 10.0. The van der Waals surface area contributed by atoms with E-state index in [-0.39, 0.29) is 16.8 Å². The number of fused-ring (bicyclic) bond motifs is 1. The molecule has 0 radical (unpaired) electrons. The van der Waals surface area contributed by atoms with Crippen molar-refractivity contribution in [3.8, 4) is 11.5 Å². The van der Waals surface area contributed by atoms with Crippen LogP contribution in [0.5, 0.6) is 11.5 Å². The Morgan fingerprint density at radius 2 is 1.77 bits per heavy atom.